The van der Waals surface area contributed by atoms with Crippen molar-refractivity contribution in [1.29, 1.82) is 5.26 Å². The minimum atomic E-state index is -0.293. The van der Waals surface area contributed by atoms with E-state index in [1.807, 2.05) is 37.3 Å². The molecule has 0 bridgehead atoms. The Labute approximate surface area is 274 Å². The Hall–Kier alpha value is -4.07. The predicted octanol–water partition coefficient (Wildman–Crippen LogP) is 5.97. The standard InChI is InChI=1S/C35H38N4O4S2/c1-5-38-32(37-16-13-26(14-17-37)19-24-9-7-6-8-10-24)27(23(2)28(22-36)33(38)40)21-31-34(41)39(35(44)45-31)18-15-25-11-12-29(42-3)30(20-25)43-4/h6-12,20-21,26H,5,13-19H2,1-4H3/b31-21-. The first kappa shape index (κ1) is 32.3. The summed E-state index contributed by atoms with van der Waals surface area (Å²) in [7, 11) is 3.19. The van der Waals surface area contributed by atoms with Crippen molar-refractivity contribution in [2.24, 2.45) is 5.92 Å². The second-order valence-corrected chi connectivity index (χ2v) is 13.0. The first-order valence-corrected chi connectivity index (χ1v) is 16.4. The number of thioether (sulfide) groups is 1. The molecule has 0 spiro atoms. The number of pyridine rings is 1. The van der Waals surface area contributed by atoms with Gasteiger partial charge in [0.2, 0.25) is 0 Å². The summed E-state index contributed by atoms with van der Waals surface area (Å²) in [5.41, 5.74) is 3.46. The van der Waals surface area contributed by atoms with Gasteiger partial charge in [0.1, 0.15) is 21.8 Å². The highest BCUT2D eigenvalue weighted by Crippen LogP contribution is 2.37. The van der Waals surface area contributed by atoms with Gasteiger partial charge in [-0.15, -0.1) is 0 Å². The number of carbonyl (C=O) groups is 1. The van der Waals surface area contributed by atoms with Gasteiger partial charge in [-0.1, -0.05) is 60.4 Å². The fourth-order valence-corrected chi connectivity index (χ4v) is 7.47. The van der Waals surface area contributed by atoms with Crippen LogP contribution in [0.1, 0.15) is 47.6 Å². The SMILES string of the molecule is CCn1c(N2CCC(Cc3ccccc3)CC2)c(/C=C2\SC(=S)N(CCc3ccc(OC)c(OC)c3)C2=O)c(C)c(C#N)c1=O. The quantitative estimate of drug-likeness (QED) is 0.198. The highest BCUT2D eigenvalue weighted by molar-refractivity contribution is 8.26. The summed E-state index contributed by atoms with van der Waals surface area (Å²) in [5.74, 6) is 2.42. The number of hydrogen-bond donors (Lipinski definition) is 0. The molecule has 0 N–H and O–H groups in total. The van der Waals surface area contributed by atoms with Crippen molar-refractivity contribution in [2.45, 2.75) is 46.1 Å². The van der Waals surface area contributed by atoms with Crippen LogP contribution in [0.25, 0.3) is 6.08 Å². The normalized spacial score (nSPS) is 16.4. The Balaban J connectivity index is 1.42. The first-order valence-electron chi connectivity index (χ1n) is 15.2. The molecule has 2 saturated heterocycles. The second-order valence-electron chi connectivity index (χ2n) is 11.3. The molecule has 2 aliphatic rings. The van der Waals surface area contributed by atoms with Gasteiger partial charge in [-0.25, -0.2) is 0 Å². The zero-order valence-corrected chi connectivity index (χ0v) is 27.8. The van der Waals surface area contributed by atoms with Crippen molar-refractivity contribution in [1.82, 2.24) is 9.47 Å². The molecule has 10 heteroatoms. The van der Waals surface area contributed by atoms with E-state index in [2.05, 4.69) is 35.2 Å². The average Bonchev–Trinajstić information content (AvgIpc) is 3.33. The molecule has 5 rings (SSSR count). The number of methoxy groups -OCH3 is 2. The molecule has 3 aromatic rings. The van der Waals surface area contributed by atoms with Crippen LogP contribution in [0.5, 0.6) is 11.5 Å². The summed E-state index contributed by atoms with van der Waals surface area (Å²) >= 11 is 6.91. The van der Waals surface area contributed by atoms with Crippen LogP contribution in [-0.4, -0.2) is 53.5 Å². The van der Waals surface area contributed by atoms with E-state index in [-0.39, 0.29) is 17.0 Å². The third-order valence-corrected chi connectivity index (χ3v) is 10.0. The summed E-state index contributed by atoms with van der Waals surface area (Å²) in [6.45, 7) is 6.12. The monoisotopic (exact) mass is 642 g/mol. The van der Waals surface area contributed by atoms with E-state index < -0.39 is 0 Å². The smallest absolute Gasteiger partial charge is 0.270 e. The van der Waals surface area contributed by atoms with Gasteiger partial charge in [-0.05, 0) is 80.3 Å². The summed E-state index contributed by atoms with van der Waals surface area (Å²) in [6.07, 6.45) is 5.43. The number of carbonyl (C=O) groups excluding carboxylic acids is 1. The predicted molar refractivity (Wildman–Crippen MR) is 184 cm³/mol. The summed E-state index contributed by atoms with van der Waals surface area (Å²) in [5, 5.41) is 9.95. The molecule has 0 atom stereocenters. The molecule has 234 valence electrons. The van der Waals surface area contributed by atoms with Crippen LogP contribution in [0, 0.1) is 24.2 Å². The molecular weight excluding hydrogens is 605 g/mol. The van der Waals surface area contributed by atoms with Crippen molar-refractivity contribution in [3.63, 3.8) is 0 Å². The van der Waals surface area contributed by atoms with Crippen LogP contribution >= 0.6 is 24.0 Å². The number of anilines is 1. The maximum absolute atomic E-state index is 13.7. The summed E-state index contributed by atoms with van der Waals surface area (Å²) in [4.78, 5) is 31.5. The van der Waals surface area contributed by atoms with Crippen molar-refractivity contribution in [3.05, 3.63) is 91.6 Å². The molecule has 8 nitrogen and oxygen atoms in total. The minimum Gasteiger partial charge on any atom is -0.493 e. The summed E-state index contributed by atoms with van der Waals surface area (Å²) in [6, 6.07) is 18.4. The van der Waals surface area contributed by atoms with Gasteiger partial charge >= 0.3 is 0 Å². The van der Waals surface area contributed by atoms with Crippen LogP contribution in [0.15, 0.2) is 58.2 Å². The van der Waals surface area contributed by atoms with Gasteiger partial charge in [0.05, 0.1) is 19.1 Å². The number of thiocarbonyl (C=S) groups is 1. The van der Waals surface area contributed by atoms with Crippen molar-refractivity contribution < 1.29 is 14.3 Å². The van der Waals surface area contributed by atoms with E-state index >= 15 is 0 Å². The molecule has 2 fully saturated rings. The fraction of sp³-hybridized carbons (Fsp3) is 0.371. The van der Waals surface area contributed by atoms with Crippen molar-refractivity contribution >= 4 is 46.1 Å². The van der Waals surface area contributed by atoms with Gasteiger partial charge < -0.3 is 14.4 Å². The van der Waals surface area contributed by atoms with Gasteiger partial charge in [0, 0.05) is 31.7 Å². The van der Waals surface area contributed by atoms with E-state index in [4.69, 9.17) is 21.7 Å². The van der Waals surface area contributed by atoms with Crippen LogP contribution in [-0.2, 0) is 24.2 Å². The largest absolute Gasteiger partial charge is 0.493 e. The number of hydrogen-bond acceptors (Lipinski definition) is 8. The Morgan fingerprint density at radius 3 is 2.40 bits per heavy atom. The Kier molecular flexibility index (Phi) is 10.3. The Bertz CT molecular complexity index is 1720. The molecule has 0 unspecified atom stereocenters. The molecule has 0 saturated carbocycles. The van der Waals surface area contributed by atoms with E-state index in [9.17, 15) is 14.9 Å². The number of aromatic nitrogens is 1. The number of ether oxygens (including phenoxy) is 2. The maximum Gasteiger partial charge on any atom is 0.270 e. The zero-order chi connectivity index (χ0) is 32.1. The third-order valence-electron chi connectivity index (χ3n) is 8.66. The number of nitriles is 1. The van der Waals surface area contributed by atoms with Crippen molar-refractivity contribution in [3.8, 4) is 17.6 Å². The van der Waals surface area contributed by atoms with Gasteiger partial charge in [0.25, 0.3) is 11.5 Å². The third kappa shape index (κ3) is 6.80. The first-order chi connectivity index (χ1) is 21.8. The van der Waals surface area contributed by atoms with Gasteiger partial charge in [0.15, 0.2) is 11.5 Å². The Morgan fingerprint density at radius 2 is 1.76 bits per heavy atom. The molecule has 0 radical (unpaired) electrons. The van der Waals surface area contributed by atoms with Gasteiger partial charge in [-0.3, -0.25) is 19.1 Å². The number of benzene rings is 2. The molecular formula is C35H38N4O4S2. The van der Waals surface area contributed by atoms with Crippen LogP contribution in [0.2, 0.25) is 0 Å². The van der Waals surface area contributed by atoms with Crippen molar-refractivity contribution in [2.75, 3.05) is 38.8 Å². The molecule has 2 aromatic carbocycles. The second kappa shape index (κ2) is 14.4. The molecule has 1 amide bonds. The lowest BCUT2D eigenvalue weighted by Crippen LogP contribution is -2.39. The molecule has 3 heterocycles. The highest BCUT2D eigenvalue weighted by atomic mass is 32.2. The van der Waals surface area contributed by atoms with E-state index in [0.29, 0.717) is 51.7 Å². The number of amides is 1. The maximum atomic E-state index is 13.7. The fourth-order valence-electron chi connectivity index (χ4n) is 6.18. The lowest BCUT2D eigenvalue weighted by molar-refractivity contribution is -0.122. The Morgan fingerprint density at radius 1 is 1.04 bits per heavy atom. The van der Waals surface area contributed by atoms with Crippen LogP contribution in [0.4, 0.5) is 5.82 Å². The number of piperidine rings is 1. The molecule has 2 aliphatic heterocycles. The topological polar surface area (TPSA) is 87.8 Å². The van der Waals surface area contributed by atoms with Gasteiger partial charge in [-0.2, -0.15) is 5.26 Å². The molecule has 45 heavy (non-hydrogen) atoms. The number of rotatable bonds is 10. The average molecular weight is 643 g/mol. The highest BCUT2D eigenvalue weighted by Gasteiger charge is 2.33. The minimum absolute atomic E-state index is 0.106. The number of nitrogens with zero attached hydrogens (tertiary/aromatic N) is 4. The zero-order valence-electron chi connectivity index (χ0n) is 26.2. The van der Waals surface area contributed by atoms with Crippen LogP contribution < -0.4 is 19.9 Å². The lowest BCUT2D eigenvalue weighted by atomic mass is 9.90. The summed E-state index contributed by atoms with van der Waals surface area (Å²) < 4.78 is 12.9. The molecule has 0 aliphatic carbocycles. The van der Waals surface area contributed by atoms with E-state index in [1.165, 1.54) is 17.3 Å². The molecule has 1 aromatic heterocycles. The van der Waals surface area contributed by atoms with E-state index in [0.717, 1.165) is 49.3 Å². The lowest BCUT2D eigenvalue weighted by Gasteiger charge is -2.36. The van der Waals surface area contributed by atoms with Crippen LogP contribution in [0.3, 0.4) is 0 Å². The van der Waals surface area contributed by atoms with E-state index in [1.54, 1.807) is 30.6 Å².